The normalized spacial score (nSPS) is 10.4. The molecule has 1 aromatic rings. The van der Waals surface area contributed by atoms with Crippen molar-refractivity contribution in [2.45, 2.75) is 13.3 Å². The summed E-state index contributed by atoms with van der Waals surface area (Å²) < 4.78 is 0. The Labute approximate surface area is 120 Å². The van der Waals surface area contributed by atoms with Gasteiger partial charge in [0.2, 0.25) is 0 Å². The largest absolute Gasteiger partial charge is 0.338 e. The molecule has 2 nitrogen and oxygen atoms in total. The monoisotopic (exact) mass is 337 g/mol. The van der Waals surface area contributed by atoms with E-state index in [-0.39, 0.29) is 5.91 Å². The lowest BCUT2D eigenvalue weighted by molar-refractivity contribution is 0.0766. The molecule has 0 unspecified atom stereocenters. The zero-order valence-electron chi connectivity index (χ0n) is 9.55. The first-order valence-corrected chi connectivity index (χ1v) is 7.28. The molecular formula is C12H14BrCl2NO. The Morgan fingerprint density at radius 3 is 2.53 bits per heavy atom. The van der Waals surface area contributed by atoms with Gasteiger partial charge in [0.05, 0.1) is 10.0 Å². The lowest BCUT2D eigenvalue weighted by Crippen LogP contribution is -2.33. The number of alkyl halides is 1. The fraction of sp³-hybridized carbons (Fsp3) is 0.417. The van der Waals surface area contributed by atoms with Crippen LogP contribution in [0.5, 0.6) is 0 Å². The van der Waals surface area contributed by atoms with Gasteiger partial charge in [0.15, 0.2) is 0 Å². The SMILES string of the molecule is CCCN(CCBr)C(=O)c1ccc(Cl)c(Cl)c1. The van der Waals surface area contributed by atoms with E-state index in [0.29, 0.717) is 22.2 Å². The van der Waals surface area contributed by atoms with Crippen molar-refractivity contribution < 1.29 is 4.79 Å². The fourth-order valence-electron chi connectivity index (χ4n) is 1.50. The Morgan fingerprint density at radius 2 is 2.00 bits per heavy atom. The molecule has 0 aliphatic heterocycles. The molecule has 0 bridgehead atoms. The minimum atomic E-state index is -0.00938. The lowest BCUT2D eigenvalue weighted by atomic mass is 10.2. The highest BCUT2D eigenvalue weighted by molar-refractivity contribution is 9.09. The van der Waals surface area contributed by atoms with Crippen LogP contribution in [-0.4, -0.2) is 29.2 Å². The molecule has 0 fully saturated rings. The summed E-state index contributed by atoms with van der Waals surface area (Å²) in [5.41, 5.74) is 0.578. The van der Waals surface area contributed by atoms with Gasteiger partial charge in [0.1, 0.15) is 0 Å². The number of carbonyl (C=O) groups is 1. The third-order valence-corrected chi connectivity index (χ3v) is 3.40. The van der Waals surface area contributed by atoms with Crippen molar-refractivity contribution >= 4 is 45.0 Å². The first-order valence-electron chi connectivity index (χ1n) is 5.40. The first kappa shape index (κ1) is 14.8. The van der Waals surface area contributed by atoms with Crippen molar-refractivity contribution in [3.05, 3.63) is 33.8 Å². The molecule has 17 heavy (non-hydrogen) atoms. The van der Waals surface area contributed by atoms with Gasteiger partial charge in [-0.05, 0) is 24.6 Å². The quantitative estimate of drug-likeness (QED) is 0.735. The van der Waals surface area contributed by atoms with E-state index in [4.69, 9.17) is 23.2 Å². The van der Waals surface area contributed by atoms with E-state index in [1.54, 1.807) is 23.1 Å². The van der Waals surface area contributed by atoms with Crippen molar-refractivity contribution in [1.29, 1.82) is 0 Å². The second kappa shape index (κ2) is 7.24. The Morgan fingerprint density at radius 1 is 1.29 bits per heavy atom. The van der Waals surface area contributed by atoms with E-state index in [9.17, 15) is 4.79 Å². The maximum Gasteiger partial charge on any atom is 0.253 e. The van der Waals surface area contributed by atoms with Crippen molar-refractivity contribution in [2.24, 2.45) is 0 Å². The number of hydrogen-bond donors (Lipinski definition) is 0. The first-order chi connectivity index (χ1) is 8.10. The Balaban J connectivity index is 2.88. The number of rotatable bonds is 5. The van der Waals surface area contributed by atoms with Crippen LogP contribution in [0.4, 0.5) is 0 Å². The zero-order chi connectivity index (χ0) is 12.8. The summed E-state index contributed by atoms with van der Waals surface area (Å²) in [6.07, 6.45) is 0.931. The third kappa shape index (κ3) is 4.16. The van der Waals surface area contributed by atoms with Gasteiger partial charge in [-0.1, -0.05) is 46.1 Å². The van der Waals surface area contributed by atoms with Crippen LogP contribution in [0.3, 0.4) is 0 Å². The number of amides is 1. The van der Waals surface area contributed by atoms with Crippen LogP contribution in [0, 0.1) is 0 Å². The molecule has 0 aliphatic rings. The highest BCUT2D eigenvalue weighted by Crippen LogP contribution is 2.23. The van der Waals surface area contributed by atoms with Crippen molar-refractivity contribution in [3.8, 4) is 0 Å². The fourth-order valence-corrected chi connectivity index (χ4v) is 2.22. The molecule has 0 atom stereocenters. The van der Waals surface area contributed by atoms with E-state index in [0.717, 1.165) is 18.3 Å². The Hall–Kier alpha value is -0.250. The molecular weight excluding hydrogens is 325 g/mol. The molecule has 0 spiro atoms. The van der Waals surface area contributed by atoms with Gasteiger partial charge in [-0.15, -0.1) is 0 Å². The van der Waals surface area contributed by atoms with Gasteiger partial charge in [-0.3, -0.25) is 4.79 Å². The summed E-state index contributed by atoms with van der Waals surface area (Å²) in [5.74, 6) is -0.00938. The van der Waals surface area contributed by atoms with E-state index in [1.807, 2.05) is 6.92 Å². The summed E-state index contributed by atoms with van der Waals surface area (Å²) in [7, 11) is 0. The van der Waals surface area contributed by atoms with E-state index in [1.165, 1.54) is 0 Å². The van der Waals surface area contributed by atoms with Crippen molar-refractivity contribution in [3.63, 3.8) is 0 Å². The van der Waals surface area contributed by atoms with Crippen molar-refractivity contribution in [1.82, 2.24) is 4.90 Å². The molecule has 0 saturated carbocycles. The molecule has 0 heterocycles. The molecule has 5 heteroatoms. The van der Waals surface area contributed by atoms with Gasteiger partial charge in [0, 0.05) is 24.0 Å². The average Bonchev–Trinajstić information content (AvgIpc) is 2.31. The molecule has 0 aliphatic carbocycles. The number of benzene rings is 1. The molecule has 1 aromatic carbocycles. The van der Waals surface area contributed by atoms with Gasteiger partial charge < -0.3 is 4.90 Å². The maximum atomic E-state index is 12.2. The molecule has 94 valence electrons. The van der Waals surface area contributed by atoms with Crippen LogP contribution in [0.15, 0.2) is 18.2 Å². The lowest BCUT2D eigenvalue weighted by Gasteiger charge is -2.21. The molecule has 0 aromatic heterocycles. The summed E-state index contributed by atoms with van der Waals surface area (Å²) in [6, 6.07) is 4.96. The Bertz CT molecular complexity index is 392. The Kier molecular flexibility index (Phi) is 6.31. The van der Waals surface area contributed by atoms with Crippen LogP contribution in [0.25, 0.3) is 0 Å². The van der Waals surface area contributed by atoms with Gasteiger partial charge in [-0.2, -0.15) is 0 Å². The minimum Gasteiger partial charge on any atom is -0.338 e. The second-order valence-corrected chi connectivity index (χ2v) is 5.22. The third-order valence-electron chi connectivity index (χ3n) is 2.30. The second-order valence-electron chi connectivity index (χ2n) is 3.61. The van der Waals surface area contributed by atoms with Gasteiger partial charge >= 0.3 is 0 Å². The topological polar surface area (TPSA) is 20.3 Å². The number of nitrogens with zero attached hydrogens (tertiary/aromatic N) is 1. The van der Waals surface area contributed by atoms with Crippen LogP contribution in [0.1, 0.15) is 23.7 Å². The predicted molar refractivity (Wildman–Crippen MR) is 76.5 cm³/mol. The van der Waals surface area contributed by atoms with Crippen LogP contribution >= 0.6 is 39.1 Å². The van der Waals surface area contributed by atoms with E-state index >= 15 is 0 Å². The molecule has 0 radical (unpaired) electrons. The molecule has 0 N–H and O–H groups in total. The van der Waals surface area contributed by atoms with Crippen molar-refractivity contribution in [2.75, 3.05) is 18.4 Å². The smallest absolute Gasteiger partial charge is 0.253 e. The maximum absolute atomic E-state index is 12.2. The van der Waals surface area contributed by atoms with E-state index in [2.05, 4.69) is 15.9 Å². The predicted octanol–water partition coefficient (Wildman–Crippen LogP) is 4.24. The number of hydrogen-bond acceptors (Lipinski definition) is 1. The highest BCUT2D eigenvalue weighted by Gasteiger charge is 2.15. The molecule has 1 amide bonds. The van der Waals surface area contributed by atoms with Crippen LogP contribution in [0.2, 0.25) is 10.0 Å². The molecule has 0 saturated heterocycles. The summed E-state index contributed by atoms with van der Waals surface area (Å²) >= 11 is 15.1. The van der Waals surface area contributed by atoms with Gasteiger partial charge in [0.25, 0.3) is 5.91 Å². The average molecular weight is 339 g/mol. The summed E-state index contributed by atoms with van der Waals surface area (Å²) in [5, 5.41) is 1.64. The highest BCUT2D eigenvalue weighted by atomic mass is 79.9. The zero-order valence-corrected chi connectivity index (χ0v) is 12.6. The standard InChI is InChI=1S/C12H14BrCl2NO/c1-2-6-16(7-5-13)12(17)9-3-4-10(14)11(15)8-9/h3-4,8H,2,5-7H2,1H3. The summed E-state index contributed by atoms with van der Waals surface area (Å²) in [6.45, 7) is 3.47. The number of halogens is 3. The van der Waals surface area contributed by atoms with Crippen LogP contribution in [-0.2, 0) is 0 Å². The number of carbonyl (C=O) groups excluding carboxylic acids is 1. The summed E-state index contributed by atoms with van der Waals surface area (Å²) in [4.78, 5) is 14.0. The van der Waals surface area contributed by atoms with Gasteiger partial charge in [-0.25, -0.2) is 0 Å². The van der Waals surface area contributed by atoms with Crippen LogP contribution < -0.4 is 0 Å². The van der Waals surface area contributed by atoms with E-state index < -0.39 is 0 Å². The minimum absolute atomic E-state index is 0.00938. The molecule has 1 rings (SSSR count).